The fourth-order valence-electron chi connectivity index (χ4n) is 6.14. The molecule has 2 amide bonds. The number of rotatable bonds is 7. The molecule has 3 aliphatic rings. The number of carbonyl (C=O) groups is 2. The Labute approximate surface area is 208 Å². The second-order valence-electron chi connectivity index (χ2n) is 11.1. The van der Waals surface area contributed by atoms with Crippen LogP contribution >= 0.6 is 0 Å². The predicted octanol–water partition coefficient (Wildman–Crippen LogP) is 4.53. The number of amides is 2. The number of carbonyl (C=O) groups excluding carboxylic acids is 2. The SMILES string of the molecule is CC1CCC(NC(=O)[C@]2(C)Cn3c(ccc3-c3ccco3)C(=O)N2CCCN2CCCCC2)CC1. The van der Waals surface area contributed by atoms with Gasteiger partial charge in [0.1, 0.15) is 17.0 Å². The molecule has 190 valence electrons. The van der Waals surface area contributed by atoms with Crippen molar-refractivity contribution in [2.45, 2.75) is 83.3 Å². The van der Waals surface area contributed by atoms with Gasteiger partial charge in [-0.15, -0.1) is 0 Å². The Morgan fingerprint density at radius 1 is 1.06 bits per heavy atom. The van der Waals surface area contributed by atoms with E-state index in [0.717, 1.165) is 63.4 Å². The van der Waals surface area contributed by atoms with Crippen molar-refractivity contribution in [3.8, 4) is 11.5 Å². The highest BCUT2D eigenvalue weighted by Gasteiger charge is 2.48. The summed E-state index contributed by atoms with van der Waals surface area (Å²) in [7, 11) is 0. The van der Waals surface area contributed by atoms with Crippen LogP contribution in [0.25, 0.3) is 11.5 Å². The average molecular weight is 481 g/mol. The monoisotopic (exact) mass is 480 g/mol. The average Bonchev–Trinajstić information content (AvgIpc) is 3.53. The van der Waals surface area contributed by atoms with Gasteiger partial charge in [-0.2, -0.15) is 0 Å². The van der Waals surface area contributed by atoms with Crippen LogP contribution in [0.4, 0.5) is 0 Å². The molecule has 7 nitrogen and oxygen atoms in total. The summed E-state index contributed by atoms with van der Waals surface area (Å²) in [6.07, 6.45) is 10.7. The molecule has 0 unspecified atom stereocenters. The molecule has 0 radical (unpaired) electrons. The number of piperidine rings is 1. The van der Waals surface area contributed by atoms with E-state index in [1.165, 1.54) is 19.3 Å². The number of fused-ring (bicyclic) bond motifs is 1. The van der Waals surface area contributed by atoms with E-state index in [0.29, 0.717) is 24.5 Å². The number of hydrogen-bond acceptors (Lipinski definition) is 4. The van der Waals surface area contributed by atoms with E-state index in [1.54, 1.807) is 6.26 Å². The minimum absolute atomic E-state index is 0.0341. The van der Waals surface area contributed by atoms with Crippen LogP contribution < -0.4 is 5.32 Å². The Kier molecular flexibility index (Phi) is 7.05. The van der Waals surface area contributed by atoms with Crippen molar-refractivity contribution < 1.29 is 14.0 Å². The summed E-state index contributed by atoms with van der Waals surface area (Å²) >= 11 is 0. The molecule has 1 atom stereocenters. The molecule has 2 aliphatic heterocycles. The highest BCUT2D eigenvalue weighted by Crippen LogP contribution is 2.34. The molecule has 1 saturated carbocycles. The molecular formula is C28H40N4O3. The first-order valence-corrected chi connectivity index (χ1v) is 13.5. The Morgan fingerprint density at radius 3 is 2.51 bits per heavy atom. The molecule has 1 aliphatic carbocycles. The Morgan fingerprint density at radius 2 is 1.80 bits per heavy atom. The van der Waals surface area contributed by atoms with Crippen LogP contribution in [-0.2, 0) is 11.3 Å². The number of nitrogens with zero attached hydrogens (tertiary/aromatic N) is 3. The third-order valence-electron chi connectivity index (χ3n) is 8.43. The van der Waals surface area contributed by atoms with Crippen LogP contribution in [0, 0.1) is 5.92 Å². The summed E-state index contributed by atoms with van der Waals surface area (Å²) in [6.45, 7) is 8.50. The van der Waals surface area contributed by atoms with Gasteiger partial charge in [-0.05, 0) is 102 Å². The topological polar surface area (TPSA) is 70.7 Å². The third kappa shape index (κ3) is 4.92. The van der Waals surface area contributed by atoms with E-state index >= 15 is 0 Å². The van der Waals surface area contributed by atoms with Gasteiger partial charge >= 0.3 is 0 Å². The molecule has 4 heterocycles. The maximum atomic E-state index is 13.9. The largest absolute Gasteiger partial charge is 0.463 e. The standard InChI is InChI=1S/C28H40N4O3/c1-21-9-11-22(12-10-21)29-27(34)28(2)20-31-23(25-8-6-19-35-25)13-14-24(31)26(33)32(28)18-7-17-30-15-4-3-5-16-30/h6,8,13-14,19,21-22H,3-5,7,9-12,15-18,20H2,1-2H3,(H,29,34)/t21?,22?,28-/m0/s1. The molecule has 0 spiro atoms. The molecule has 1 saturated heterocycles. The lowest BCUT2D eigenvalue weighted by atomic mass is 9.86. The van der Waals surface area contributed by atoms with Crippen LogP contribution in [0.2, 0.25) is 0 Å². The normalized spacial score (nSPS) is 27.6. The van der Waals surface area contributed by atoms with E-state index in [9.17, 15) is 9.59 Å². The number of likely N-dealkylation sites (tertiary alicyclic amines) is 1. The lowest BCUT2D eigenvalue weighted by Gasteiger charge is -2.45. The van der Waals surface area contributed by atoms with Crippen molar-refractivity contribution in [3.63, 3.8) is 0 Å². The molecule has 0 aromatic carbocycles. The molecule has 2 aromatic rings. The molecular weight excluding hydrogens is 440 g/mol. The quantitative estimate of drug-likeness (QED) is 0.632. The van der Waals surface area contributed by atoms with Crippen molar-refractivity contribution in [1.29, 1.82) is 0 Å². The maximum absolute atomic E-state index is 13.9. The zero-order valence-corrected chi connectivity index (χ0v) is 21.3. The summed E-state index contributed by atoms with van der Waals surface area (Å²) in [5, 5.41) is 3.34. The lowest BCUT2D eigenvalue weighted by Crippen LogP contribution is -2.65. The number of hydrogen-bond donors (Lipinski definition) is 1. The minimum Gasteiger partial charge on any atom is -0.463 e. The minimum atomic E-state index is -0.949. The zero-order valence-electron chi connectivity index (χ0n) is 21.3. The van der Waals surface area contributed by atoms with Crippen LogP contribution in [0.3, 0.4) is 0 Å². The van der Waals surface area contributed by atoms with Crippen molar-refractivity contribution >= 4 is 11.8 Å². The van der Waals surface area contributed by atoms with Gasteiger partial charge in [-0.3, -0.25) is 9.59 Å². The van der Waals surface area contributed by atoms with E-state index in [4.69, 9.17) is 4.42 Å². The summed E-state index contributed by atoms with van der Waals surface area (Å²) < 4.78 is 7.62. The summed E-state index contributed by atoms with van der Waals surface area (Å²) in [6, 6.07) is 7.75. The molecule has 5 rings (SSSR count). The number of nitrogens with one attached hydrogen (secondary N) is 1. The fourth-order valence-corrected chi connectivity index (χ4v) is 6.14. The fraction of sp³-hybridized carbons (Fsp3) is 0.643. The van der Waals surface area contributed by atoms with E-state index in [2.05, 4.69) is 17.1 Å². The van der Waals surface area contributed by atoms with Gasteiger partial charge in [-0.25, -0.2) is 0 Å². The first kappa shape index (κ1) is 24.2. The van der Waals surface area contributed by atoms with Gasteiger partial charge < -0.3 is 24.1 Å². The van der Waals surface area contributed by atoms with Gasteiger partial charge in [0.15, 0.2) is 0 Å². The number of furan rings is 1. The van der Waals surface area contributed by atoms with E-state index in [-0.39, 0.29) is 17.9 Å². The summed E-state index contributed by atoms with van der Waals surface area (Å²) in [4.78, 5) is 32.0. The highest BCUT2D eigenvalue weighted by atomic mass is 16.3. The highest BCUT2D eigenvalue weighted by molar-refractivity contribution is 6.00. The van der Waals surface area contributed by atoms with Crippen molar-refractivity contribution in [2.24, 2.45) is 5.92 Å². The smallest absolute Gasteiger partial charge is 0.271 e. The molecule has 2 aromatic heterocycles. The lowest BCUT2D eigenvalue weighted by molar-refractivity contribution is -0.134. The Bertz CT molecular complexity index is 1020. The molecule has 1 N–H and O–H groups in total. The maximum Gasteiger partial charge on any atom is 0.271 e. The predicted molar refractivity (Wildman–Crippen MR) is 136 cm³/mol. The van der Waals surface area contributed by atoms with Crippen molar-refractivity contribution in [2.75, 3.05) is 26.2 Å². The molecule has 35 heavy (non-hydrogen) atoms. The second-order valence-corrected chi connectivity index (χ2v) is 11.1. The van der Waals surface area contributed by atoms with Crippen LogP contribution in [0.5, 0.6) is 0 Å². The van der Waals surface area contributed by atoms with Gasteiger partial charge in [0, 0.05) is 12.6 Å². The third-order valence-corrected chi connectivity index (χ3v) is 8.43. The molecule has 0 bridgehead atoms. The first-order valence-electron chi connectivity index (χ1n) is 13.5. The van der Waals surface area contributed by atoms with Gasteiger partial charge in [0.05, 0.1) is 18.5 Å². The van der Waals surface area contributed by atoms with Gasteiger partial charge in [0.2, 0.25) is 5.91 Å². The van der Waals surface area contributed by atoms with E-state index in [1.807, 2.05) is 40.7 Å². The van der Waals surface area contributed by atoms with Crippen LogP contribution in [0.15, 0.2) is 34.9 Å². The molecule has 2 fully saturated rings. The van der Waals surface area contributed by atoms with Crippen molar-refractivity contribution in [3.05, 3.63) is 36.2 Å². The van der Waals surface area contributed by atoms with Crippen LogP contribution in [0.1, 0.15) is 75.7 Å². The first-order chi connectivity index (χ1) is 17.0. The number of aromatic nitrogens is 1. The van der Waals surface area contributed by atoms with Crippen LogP contribution in [-0.4, -0.2) is 63.9 Å². The summed E-state index contributed by atoms with van der Waals surface area (Å²) in [5.41, 5.74) is 0.526. The van der Waals surface area contributed by atoms with Gasteiger partial charge in [0.25, 0.3) is 5.91 Å². The Balaban J connectivity index is 1.38. The second kappa shape index (κ2) is 10.2. The Hall–Kier alpha value is -2.54. The zero-order chi connectivity index (χ0) is 24.4. The summed E-state index contributed by atoms with van der Waals surface area (Å²) in [5.74, 6) is 1.34. The van der Waals surface area contributed by atoms with E-state index < -0.39 is 5.54 Å². The molecule has 7 heteroatoms. The van der Waals surface area contributed by atoms with Gasteiger partial charge in [-0.1, -0.05) is 13.3 Å². The van der Waals surface area contributed by atoms with Crippen molar-refractivity contribution in [1.82, 2.24) is 19.7 Å².